The van der Waals surface area contributed by atoms with Gasteiger partial charge in [-0.25, -0.2) is 0 Å². The van der Waals surface area contributed by atoms with Gasteiger partial charge >= 0.3 is 0 Å². The topological polar surface area (TPSA) is 84.2 Å². The number of anilines is 1. The number of benzene rings is 2. The molecule has 146 valence electrons. The molecule has 0 aliphatic carbocycles. The van der Waals surface area contributed by atoms with Gasteiger partial charge in [0, 0.05) is 24.7 Å². The Kier molecular flexibility index (Phi) is 9.29. The van der Waals surface area contributed by atoms with Crippen LogP contribution in [0.25, 0.3) is 0 Å². The molecule has 1 atom stereocenters. The van der Waals surface area contributed by atoms with Crippen molar-refractivity contribution in [3.63, 3.8) is 0 Å². The summed E-state index contributed by atoms with van der Waals surface area (Å²) in [5, 5.41) is 5.89. The van der Waals surface area contributed by atoms with Crippen LogP contribution >= 0.6 is 24.0 Å². The predicted octanol–water partition coefficient (Wildman–Crippen LogP) is 4.18. The molecular formula is C20H25Cl2N3O2. The monoisotopic (exact) mass is 409 g/mol. The molecule has 7 heteroatoms. The third-order valence-corrected chi connectivity index (χ3v) is 4.13. The lowest BCUT2D eigenvalue weighted by molar-refractivity contribution is -0.116. The summed E-state index contributed by atoms with van der Waals surface area (Å²) < 4.78 is 0. The van der Waals surface area contributed by atoms with Crippen LogP contribution in [-0.4, -0.2) is 18.4 Å². The molecule has 2 amide bonds. The first-order valence-electron chi connectivity index (χ1n) is 8.55. The van der Waals surface area contributed by atoms with Crippen molar-refractivity contribution >= 4 is 41.5 Å². The Morgan fingerprint density at radius 1 is 1.11 bits per heavy atom. The molecule has 0 aliphatic rings. The summed E-state index contributed by atoms with van der Waals surface area (Å²) >= 11 is 6.14. The minimum atomic E-state index is -0.332. The standard InChI is InChI=1S/C20H24ClN3O2.ClH/c1-13(2)10-19(25)24-15-8-9-17(21)16(11-15)20(26)23-12-18(22)14-6-4-3-5-7-14;/h3-9,11,13,18H,10,12,22H2,1-2H3,(H,23,26)(H,24,25);1H. The quantitative estimate of drug-likeness (QED) is 0.641. The maximum absolute atomic E-state index is 12.5. The van der Waals surface area contributed by atoms with Gasteiger partial charge in [-0.3, -0.25) is 9.59 Å². The summed E-state index contributed by atoms with van der Waals surface area (Å²) in [4.78, 5) is 24.4. The minimum Gasteiger partial charge on any atom is -0.350 e. The number of hydrogen-bond acceptors (Lipinski definition) is 3. The van der Waals surface area contributed by atoms with Crippen LogP contribution in [0.4, 0.5) is 5.69 Å². The third kappa shape index (κ3) is 7.21. The number of nitrogens with two attached hydrogens (primary N) is 1. The molecule has 0 saturated carbocycles. The van der Waals surface area contributed by atoms with E-state index in [0.717, 1.165) is 5.56 Å². The van der Waals surface area contributed by atoms with E-state index in [1.54, 1.807) is 18.2 Å². The van der Waals surface area contributed by atoms with E-state index in [0.29, 0.717) is 22.7 Å². The fourth-order valence-corrected chi connectivity index (χ4v) is 2.68. The summed E-state index contributed by atoms with van der Waals surface area (Å²) in [6.07, 6.45) is 0.413. The Hall–Kier alpha value is -2.08. The van der Waals surface area contributed by atoms with E-state index in [-0.39, 0.29) is 42.7 Å². The summed E-state index contributed by atoms with van der Waals surface area (Å²) in [5.74, 6) is -0.175. The van der Waals surface area contributed by atoms with E-state index in [1.165, 1.54) is 0 Å². The van der Waals surface area contributed by atoms with Gasteiger partial charge in [0.25, 0.3) is 5.91 Å². The van der Waals surface area contributed by atoms with E-state index < -0.39 is 0 Å². The number of hydrogen-bond donors (Lipinski definition) is 3. The molecule has 0 aliphatic heterocycles. The zero-order valence-corrected chi connectivity index (χ0v) is 16.9. The molecule has 2 rings (SSSR count). The average Bonchev–Trinajstić information content (AvgIpc) is 2.61. The van der Waals surface area contributed by atoms with Crippen molar-refractivity contribution in [2.24, 2.45) is 11.7 Å². The van der Waals surface area contributed by atoms with Gasteiger partial charge < -0.3 is 16.4 Å². The van der Waals surface area contributed by atoms with Crippen LogP contribution < -0.4 is 16.4 Å². The van der Waals surface area contributed by atoms with Gasteiger partial charge in [-0.15, -0.1) is 12.4 Å². The third-order valence-electron chi connectivity index (χ3n) is 3.80. The first kappa shape index (κ1) is 23.0. The average molecular weight is 410 g/mol. The number of carbonyl (C=O) groups excluding carboxylic acids is 2. The van der Waals surface area contributed by atoms with E-state index in [4.69, 9.17) is 17.3 Å². The van der Waals surface area contributed by atoms with Crippen LogP contribution in [-0.2, 0) is 4.79 Å². The zero-order valence-electron chi connectivity index (χ0n) is 15.4. The highest BCUT2D eigenvalue weighted by Crippen LogP contribution is 2.21. The van der Waals surface area contributed by atoms with Crippen molar-refractivity contribution in [1.82, 2.24) is 5.32 Å². The second-order valence-corrected chi connectivity index (χ2v) is 6.98. The molecule has 1 unspecified atom stereocenters. The SMILES string of the molecule is CC(C)CC(=O)Nc1ccc(Cl)c(C(=O)NCC(N)c2ccccc2)c1.Cl. The van der Waals surface area contributed by atoms with Gasteiger partial charge in [0.05, 0.1) is 10.6 Å². The van der Waals surface area contributed by atoms with E-state index in [9.17, 15) is 9.59 Å². The molecule has 4 N–H and O–H groups in total. The maximum Gasteiger partial charge on any atom is 0.252 e. The number of amides is 2. The Balaban J connectivity index is 0.00000364. The van der Waals surface area contributed by atoms with Crippen LogP contribution in [0, 0.1) is 5.92 Å². The molecule has 2 aromatic rings. The Morgan fingerprint density at radius 3 is 2.41 bits per heavy atom. The van der Waals surface area contributed by atoms with Crippen LogP contribution in [0.5, 0.6) is 0 Å². The molecule has 2 aromatic carbocycles. The number of carbonyl (C=O) groups is 2. The lowest BCUT2D eigenvalue weighted by Gasteiger charge is -2.14. The fraction of sp³-hybridized carbons (Fsp3) is 0.300. The smallest absolute Gasteiger partial charge is 0.252 e. The van der Waals surface area contributed by atoms with Crippen molar-refractivity contribution < 1.29 is 9.59 Å². The van der Waals surface area contributed by atoms with Gasteiger partial charge in [-0.05, 0) is 29.7 Å². The van der Waals surface area contributed by atoms with Gasteiger partial charge in [0.1, 0.15) is 0 Å². The van der Waals surface area contributed by atoms with Crippen molar-refractivity contribution in [3.8, 4) is 0 Å². The molecule has 0 aromatic heterocycles. The van der Waals surface area contributed by atoms with Crippen molar-refractivity contribution in [3.05, 3.63) is 64.7 Å². The molecule has 0 saturated heterocycles. The minimum absolute atomic E-state index is 0. The van der Waals surface area contributed by atoms with Crippen LogP contribution in [0.3, 0.4) is 0 Å². The van der Waals surface area contributed by atoms with Crippen LogP contribution in [0.15, 0.2) is 48.5 Å². The lowest BCUT2D eigenvalue weighted by atomic mass is 10.1. The van der Waals surface area contributed by atoms with Crippen molar-refractivity contribution in [2.75, 3.05) is 11.9 Å². The molecular weight excluding hydrogens is 385 g/mol. The highest BCUT2D eigenvalue weighted by atomic mass is 35.5. The Labute approximate surface area is 171 Å². The second kappa shape index (κ2) is 10.9. The molecule has 0 spiro atoms. The molecule has 0 fully saturated rings. The molecule has 5 nitrogen and oxygen atoms in total. The lowest BCUT2D eigenvalue weighted by Crippen LogP contribution is -2.32. The van der Waals surface area contributed by atoms with Crippen molar-refractivity contribution in [1.29, 1.82) is 0 Å². The van der Waals surface area contributed by atoms with Gasteiger partial charge in [-0.2, -0.15) is 0 Å². The predicted molar refractivity (Wildman–Crippen MR) is 112 cm³/mol. The molecule has 27 heavy (non-hydrogen) atoms. The Bertz CT molecular complexity index is 767. The summed E-state index contributed by atoms with van der Waals surface area (Å²) in [5.41, 5.74) is 7.88. The summed E-state index contributed by atoms with van der Waals surface area (Å²) in [7, 11) is 0. The maximum atomic E-state index is 12.5. The largest absolute Gasteiger partial charge is 0.350 e. The summed E-state index contributed by atoms with van der Waals surface area (Å²) in [6.45, 7) is 4.22. The Morgan fingerprint density at radius 2 is 1.78 bits per heavy atom. The highest BCUT2D eigenvalue weighted by Gasteiger charge is 2.14. The summed E-state index contributed by atoms with van der Waals surface area (Å²) in [6, 6.07) is 14.1. The van der Waals surface area contributed by atoms with Crippen LogP contribution in [0.2, 0.25) is 5.02 Å². The first-order valence-corrected chi connectivity index (χ1v) is 8.92. The van der Waals surface area contributed by atoms with Crippen LogP contribution in [0.1, 0.15) is 42.2 Å². The number of rotatable bonds is 7. The van der Waals surface area contributed by atoms with Gasteiger partial charge in [0.15, 0.2) is 0 Å². The highest BCUT2D eigenvalue weighted by molar-refractivity contribution is 6.34. The van der Waals surface area contributed by atoms with Gasteiger partial charge in [-0.1, -0.05) is 55.8 Å². The molecule has 0 bridgehead atoms. The molecule has 0 radical (unpaired) electrons. The van der Waals surface area contributed by atoms with E-state index >= 15 is 0 Å². The van der Waals surface area contributed by atoms with Crippen molar-refractivity contribution in [2.45, 2.75) is 26.3 Å². The second-order valence-electron chi connectivity index (χ2n) is 6.57. The van der Waals surface area contributed by atoms with E-state index in [2.05, 4.69) is 10.6 Å². The van der Waals surface area contributed by atoms with E-state index in [1.807, 2.05) is 44.2 Å². The molecule has 0 heterocycles. The van der Waals surface area contributed by atoms with Gasteiger partial charge in [0.2, 0.25) is 5.91 Å². The zero-order chi connectivity index (χ0) is 19.1. The number of nitrogens with one attached hydrogen (secondary N) is 2. The fourth-order valence-electron chi connectivity index (χ4n) is 2.48. The normalized spacial score (nSPS) is 11.4. The number of halogens is 2. The first-order chi connectivity index (χ1) is 12.4.